The van der Waals surface area contributed by atoms with Gasteiger partial charge in [0.05, 0.1) is 0 Å². The van der Waals surface area contributed by atoms with Gasteiger partial charge in [0.1, 0.15) is 5.37 Å². The van der Waals surface area contributed by atoms with Gasteiger partial charge in [-0.15, -0.1) is 11.3 Å². The van der Waals surface area contributed by atoms with E-state index in [1.54, 1.807) is 0 Å². The van der Waals surface area contributed by atoms with Crippen molar-refractivity contribution in [2.45, 2.75) is 10.3 Å². The number of hydrogen-bond acceptors (Lipinski definition) is 6. The Balaban J connectivity index is 1.19. The van der Waals surface area contributed by atoms with Crippen LogP contribution in [-0.4, -0.2) is 15.0 Å². The summed E-state index contributed by atoms with van der Waals surface area (Å²) >= 11 is 3.71. The normalized spacial score (nSPS) is 13.7. The SMILES string of the molecule is c1ccc(-c2cccc(-c3nc(-c4ccccc4)nc(-c4cccc5c4sc4c(C6Nc7ccccc7S6)ccc(-c6ccccc6)c45)n3)c2)cc1. The van der Waals surface area contributed by atoms with Crippen LogP contribution in [0, 0.1) is 0 Å². The Kier molecular flexibility index (Phi) is 7.63. The van der Waals surface area contributed by atoms with Gasteiger partial charge in [0.2, 0.25) is 0 Å². The molecule has 10 rings (SSSR count). The van der Waals surface area contributed by atoms with Crippen LogP contribution in [0.1, 0.15) is 10.9 Å². The van der Waals surface area contributed by atoms with E-state index < -0.39 is 0 Å². The molecule has 0 spiro atoms. The van der Waals surface area contributed by atoms with E-state index in [0.717, 1.165) is 32.5 Å². The van der Waals surface area contributed by atoms with Gasteiger partial charge in [-0.1, -0.05) is 157 Å². The van der Waals surface area contributed by atoms with Crippen molar-refractivity contribution in [3.8, 4) is 56.4 Å². The van der Waals surface area contributed by atoms with Gasteiger partial charge in [0, 0.05) is 53.0 Å². The first-order valence-electron chi connectivity index (χ1n) is 17.3. The molecular formula is C46H30N4S2. The van der Waals surface area contributed by atoms with E-state index in [2.05, 4.69) is 151 Å². The second-order valence-electron chi connectivity index (χ2n) is 12.8. The molecular weight excluding hydrogens is 673 g/mol. The van der Waals surface area contributed by atoms with Crippen molar-refractivity contribution in [2.75, 3.05) is 5.32 Å². The predicted octanol–water partition coefficient (Wildman–Crippen LogP) is 12.8. The molecule has 1 atom stereocenters. The molecule has 0 amide bonds. The second kappa shape index (κ2) is 12.9. The summed E-state index contributed by atoms with van der Waals surface area (Å²) in [6.45, 7) is 0. The summed E-state index contributed by atoms with van der Waals surface area (Å²) in [5, 5.41) is 6.36. The lowest BCUT2D eigenvalue weighted by Gasteiger charge is -2.14. The van der Waals surface area contributed by atoms with Crippen molar-refractivity contribution in [3.05, 3.63) is 175 Å². The van der Waals surface area contributed by atoms with Gasteiger partial charge in [-0.05, 0) is 46.5 Å². The Labute approximate surface area is 309 Å². The number of para-hydroxylation sites is 1. The summed E-state index contributed by atoms with van der Waals surface area (Å²) in [5.74, 6) is 1.96. The molecule has 1 aliphatic rings. The van der Waals surface area contributed by atoms with Gasteiger partial charge in [-0.3, -0.25) is 0 Å². The number of fused-ring (bicyclic) bond motifs is 4. The third-order valence-electron chi connectivity index (χ3n) is 9.60. The van der Waals surface area contributed by atoms with Crippen LogP contribution in [0.4, 0.5) is 5.69 Å². The van der Waals surface area contributed by atoms with Crippen molar-refractivity contribution >= 4 is 49.0 Å². The number of hydrogen-bond donors (Lipinski definition) is 1. The van der Waals surface area contributed by atoms with Gasteiger partial charge in [-0.2, -0.15) is 0 Å². The maximum Gasteiger partial charge on any atom is 0.165 e. The second-order valence-corrected chi connectivity index (χ2v) is 15.0. The van der Waals surface area contributed by atoms with Crippen LogP contribution in [0.15, 0.2) is 175 Å². The van der Waals surface area contributed by atoms with Crippen LogP contribution in [0.2, 0.25) is 0 Å². The molecule has 1 unspecified atom stereocenters. The fourth-order valence-corrected chi connectivity index (χ4v) is 9.73. The zero-order valence-electron chi connectivity index (χ0n) is 27.9. The molecule has 1 N–H and O–H groups in total. The number of nitrogens with zero attached hydrogens (tertiary/aromatic N) is 3. The third kappa shape index (κ3) is 5.44. The fraction of sp³-hybridized carbons (Fsp3) is 0.0217. The molecule has 0 aliphatic carbocycles. The highest BCUT2D eigenvalue weighted by atomic mass is 32.2. The Morgan fingerprint density at radius 1 is 0.442 bits per heavy atom. The number of aromatic nitrogens is 3. The third-order valence-corrected chi connectivity index (χ3v) is 12.1. The highest BCUT2D eigenvalue weighted by molar-refractivity contribution is 8.00. The molecule has 7 aromatic carbocycles. The topological polar surface area (TPSA) is 50.7 Å². The molecule has 2 aromatic heterocycles. The predicted molar refractivity (Wildman–Crippen MR) is 219 cm³/mol. The summed E-state index contributed by atoms with van der Waals surface area (Å²) in [6, 6.07) is 59.6. The number of nitrogens with one attached hydrogen (secondary N) is 1. The van der Waals surface area contributed by atoms with Crippen molar-refractivity contribution in [1.82, 2.24) is 15.0 Å². The van der Waals surface area contributed by atoms with Crippen molar-refractivity contribution in [1.29, 1.82) is 0 Å². The van der Waals surface area contributed by atoms with Gasteiger partial charge in [0.25, 0.3) is 0 Å². The molecule has 1 aliphatic heterocycles. The summed E-state index contributed by atoms with van der Waals surface area (Å²) in [4.78, 5) is 16.7. The molecule has 6 heteroatoms. The lowest BCUT2D eigenvalue weighted by Crippen LogP contribution is -2.01. The summed E-state index contributed by atoms with van der Waals surface area (Å²) in [7, 11) is 0. The lowest BCUT2D eigenvalue weighted by molar-refractivity contribution is 1.08. The molecule has 0 saturated heterocycles. The monoisotopic (exact) mass is 702 g/mol. The average Bonchev–Trinajstić information content (AvgIpc) is 3.84. The van der Waals surface area contributed by atoms with E-state index in [4.69, 9.17) is 15.0 Å². The number of thiophene rings is 1. The Morgan fingerprint density at radius 3 is 1.83 bits per heavy atom. The van der Waals surface area contributed by atoms with E-state index in [9.17, 15) is 0 Å². The van der Waals surface area contributed by atoms with E-state index in [0.29, 0.717) is 17.5 Å². The molecule has 3 heterocycles. The van der Waals surface area contributed by atoms with E-state index in [1.165, 1.54) is 42.7 Å². The minimum atomic E-state index is 0.103. The quantitative estimate of drug-likeness (QED) is 0.187. The van der Waals surface area contributed by atoms with E-state index in [1.807, 2.05) is 47.4 Å². The average molecular weight is 703 g/mol. The molecule has 4 nitrogen and oxygen atoms in total. The van der Waals surface area contributed by atoms with E-state index >= 15 is 0 Å². The zero-order valence-corrected chi connectivity index (χ0v) is 29.5. The van der Waals surface area contributed by atoms with Gasteiger partial charge in [0.15, 0.2) is 17.5 Å². The summed E-state index contributed by atoms with van der Waals surface area (Å²) in [5.41, 5.74) is 10.1. The number of rotatable bonds is 6. The van der Waals surface area contributed by atoms with Gasteiger partial charge in [-0.25, -0.2) is 15.0 Å². The van der Waals surface area contributed by atoms with Crippen molar-refractivity contribution in [2.24, 2.45) is 0 Å². The molecule has 0 radical (unpaired) electrons. The van der Waals surface area contributed by atoms with Gasteiger partial charge >= 0.3 is 0 Å². The van der Waals surface area contributed by atoms with Crippen molar-refractivity contribution in [3.63, 3.8) is 0 Å². The van der Waals surface area contributed by atoms with Crippen LogP contribution >= 0.6 is 23.1 Å². The van der Waals surface area contributed by atoms with Crippen LogP contribution in [0.5, 0.6) is 0 Å². The van der Waals surface area contributed by atoms with E-state index in [-0.39, 0.29) is 5.37 Å². The van der Waals surface area contributed by atoms with Crippen LogP contribution in [-0.2, 0) is 0 Å². The first-order chi connectivity index (χ1) is 25.8. The van der Waals surface area contributed by atoms with Crippen molar-refractivity contribution < 1.29 is 0 Å². The number of benzene rings is 7. The Morgan fingerprint density at radius 2 is 1.06 bits per heavy atom. The van der Waals surface area contributed by atoms with Crippen LogP contribution < -0.4 is 5.32 Å². The largest absolute Gasteiger partial charge is 0.368 e. The first-order valence-corrected chi connectivity index (χ1v) is 19.0. The first kappa shape index (κ1) is 30.7. The molecule has 0 bridgehead atoms. The number of thioether (sulfide) groups is 1. The molecule has 0 fully saturated rings. The Hall–Kier alpha value is -6.08. The summed E-state index contributed by atoms with van der Waals surface area (Å²) in [6.07, 6.45) is 0. The summed E-state index contributed by atoms with van der Waals surface area (Å²) < 4.78 is 2.44. The smallest absolute Gasteiger partial charge is 0.165 e. The Bertz CT molecular complexity index is 2720. The van der Waals surface area contributed by atoms with Gasteiger partial charge < -0.3 is 5.32 Å². The maximum absolute atomic E-state index is 5.23. The lowest BCUT2D eigenvalue weighted by atomic mass is 9.96. The molecule has 0 saturated carbocycles. The zero-order chi connectivity index (χ0) is 34.4. The van der Waals surface area contributed by atoms with Crippen LogP contribution in [0.25, 0.3) is 76.6 Å². The standard InChI is InChI=1S/C46H30N4S2/c1-4-14-29(15-5-1)32-20-12-21-33(28-32)44-48-43(31-18-8-3-9-19-31)49-45(50-44)36-23-13-22-35-40-34(30-16-6-2-7-17-30)26-27-37(42(40)52-41(35)36)46-47-38-24-10-11-25-39(38)51-46/h1-28,46-47H. The molecule has 52 heavy (non-hydrogen) atoms. The fourth-order valence-electron chi connectivity index (χ4n) is 7.10. The van der Waals surface area contributed by atoms with Crippen LogP contribution in [0.3, 0.4) is 0 Å². The maximum atomic E-state index is 5.23. The minimum absolute atomic E-state index is 0.103. The highest BCUT2D eigenvalue weighted by Crippen LogP contribution is 2.52. The highest BCUT2D eigenvalue weighted by Gasteiger charge is 2.27. The minimum Gasteiger partial charge on any atom is -0.368 e. The molecule has 246 valence electrons. The molecule has 9 aromatic rings. The number of anilines is 1.